The Labute approximate surface area is 196 Å². The lowest BCUT2D eigenvalue weighted by atomic mass is 9.86. The van der Waals surface area contributed by atoms with Crippen molar-refractivity contribution >= 4 is 26.7 Å². The summed E-state index contributed by atoms with van der Waals surface area (Å²) in [6, 6.07) is 9.21. The number of hydrogen-bond donors (Lipinski definition) is 1. The summed E-state index contributed by atoms with van der Waals surface area (Å²) in [4.78, 5) is 4.40. The first kappa shape index (κ1) is 24.5. The molecule has 0 bridgehead atoms. The van der Waals surface area contributed by atoms with Gasteiger partial charge in [0.15, 0.2) is 0 Å². The Bertz CT molecular complexity index is 1240. The maximum Gasteiger partial charge on any atom is 0.391 e. The summed E-state index contributed by atoms with van der Waals surface area (Å²) in [5, 5.41) is -0.109. The number of nitrogens with one attached hydrogen (secondary N) is 1. The molecule has 2 unspecified atom stereocenters. The SMILES string of the molecule is O=S(=O)(Nc1ncns1)c1cc(F)c(CN2CCC(C(F)(F)F)CC2c2ccccc2)cc1F. The molecule has 1 saturated heterocycles. The minimum atomic E-state index is -4.46. The van der Waals surface area contributed by atoms with Crippen LogP contribution >= 0.6 is 11.5 Å². The van der Waals surface area contributed by atoms with E-state index in [1.54, 1.807) is 35.2 Å². The van der Waals surface area contributed by atoms with E-state index >= 15 is 0 Å². The number of halogens is 5. The smallest absolute Gasteiger partial charge is 0.292 e. The first-order chi connectivity index (χ1) is 16.0. The van der Waals surface area contributed by atoms with Gasteiger partial charge < -0.3 is 0 Å². The summed E-state index contributed by atoms with van der Waals surface area (Å²) in [5.41, 5.74) is 0.483. The van der Waals surface area contributed by atoms with Crippen LogP contribution in [0.5, 0.6) is 0 Å². The average molecular weight is 519 g/mol. The van der Waals surface area contributed by atoms with Crippen LogP contribution in [0.25, 0.3) is 0 Å². The van der Waals surface area contributed by atoms with Crippen LogP contribution in [0.4, 0.5) is 27.1 Å². The third-order valence-electron chi connectivity index (χ3n) is 5.71. The van der Waals surface area contributed by atoms with Crippen LogP contribution in [0.1, 0.15) is 30.0 Å². The van der Waals surface area contributed by atoms with Crippen molar-refractivity contribution in [3.63, 3.8) is 0 Å². The number of alkyl halides is 3. The molecule has 6 nitrogen and oxygen atoms in total. The maximum absolute atomic E-state index is 14.9. The number of rotatable bonds is 6. The van der Waals surface area contributed by atoms with Gasteiger partial charge in [0.1, 0.15) is 22.9 Å². The lowest BCUT2D eigenvalue weighted by Crippen LogP contribution is -2.41. The molecule has 0 aliphatic carbocycles. The van der Waals surface area contributed by atoms with Gasteiger partial charge in [-0.1, -0.05) is 30.3 Å². The second-order valence-corrected chi connectivity index (χ2v) is 10.3. The monoisotopic (exact) mass is 518 g/mol. The Kier molecular flexibility index (Phi) is 6.87. The summed E-state index contributed by atoms with van der Waals surface area (Å²) in [5.74, 6) is -3.67. The maximum atomic E-state index is 14.9. The lowest BCUT2D eigenvalue weighted by Gasteiger charge is -2.40. The third kappa shape index (κ3) is 5.36. The van der Waals surface area contributed by atoms with Gasteiger partial charge in [-0.05, 0) is 37.1 Å². The Hall–Kier alpha value is -2.64. The highest BCUT2D eigenvalue weighted by atomic mass is 32.2. The molecule has 0 radical (unpaired) electrons. The zero-order valence-corrected chi connectivity index (χ0v) is 19.1. The molecule has 13 heteroatoms. The van der Waals surface area contributed by atoms with Crippen molar-refractivity contribution < 1.29 is 30.4 Å². The molecule has 182 valence electrons. The highest BCUT2D eigenvalue weighted by Crippen LogP contribution is 2.42. The van der Waals surface area contributed by atoms with Gasteiger partial charge in [-0.15, -0.1) is 0 Å². The average Bonchev–Trinajstić information content (AvgIpc) is 3.28. The van der Waals surface area contributed by atoms with Crippen molar-refractivity contribution in [2.45, 2.75) is 36.5 Å². The number of hydrogen-bond acceptors (Lipinski definition) is 6. The van der Waals surface area contributed by atoms with Crippen molar-refractivity contribution in [3.8, 4) is 0 Å². The fraction of sp³-hybridized carbons (Fsp3) is 0.333. The van der Waals surface area contributed by atoms with Gasteiger partial charge in [0.25, 0.3) is 10.0 Å². The van der Waals surface area contributed by atoms with E-state index in [9.17, 15) is 30.4 Å². The van der Waals surface area contributed by atoms with Crippen molar-refractivity contribution in [2.75, 3.05) is 11.3 Å². The molecule has 34 heavy (non-hydrogen) atoms. The fourth-order valence-electron chi connectivity index (χ4n) is 4.03. The summed E-state index contributed by atoms with van der Waals surface area (Å²) in [7, 11) is -4.46. The van der Waals surface area contributed by atoms with E-state index in [2.05, 4.69) is 9.36 Å². The molecule has 0 saturated carbocycles. The number of aromatic nitrogens is 2. The molecule has 2 aromatic carbocycles. The number of anilines is 1. The van der Waals surface area contributed by atoms with Crippen molar-refractivity contribution in [3.05, 3.63) is 71.6 Å². The number of benzene rings is 2. The molecule has 1 aliphatic rings. The fourth-order valence-corrected chi connectivity index (χ4v) is 5.76. The molecule has 1 fully saturated rings. The van der Waals surface area contributed by atoms with E-state index in [1.165, 1.54) is 0 Å². The van der Waals surface area contributed by atoms with Gasteiger partial charge in [-0.3, -0.25) is 9.62 Å². The predicted octanol–water partition coefficient (Wildman–Crippen LogP) is 5.13. The molecule has 1 aliphatic heterocycles. The normalized spacial score (nSPS) is 19.8. The van der Waals surface area contributed by atoms with Gasteiger partial charge in [0.05, 0.1) is 5.92 Å². The molecule has 0 spiro atoms. The van der Waals surface area contributed by atoms with Crippen LogP contribution in [-0.4, -0.2) is 35.4 Å². The Balaban J connectivity index is 1.60. The molecule has 2 atom stereocenters. The van der Waals surface area contributed by atoms with Crippen LogP contribution in [-0.2, 0) is 16.6 Å². The molecule has 4 rings (SSSR count). The van der Waals surface area contributed by atoms with Crippen molar-refractivity contribution in [1.82, 2.24) is 14.3 Å². The van der Waals surface area contributed by atoms with Crippen molar-refractivity contribution in [2.24, 2.45) is 5.92 Å². The quantitative estimate of drug-likeness (QED) is 0.458. The summed E-state index contributed by atoms with van der Waals surface area (Å²) in [6.45, 7) is -0.166. The first-order valence-electron chi connectivity index (χ1n) is 10.2. The van der Waals surface area contributed by atoms with E-state index in [0.29, 0.717) is 11.6 Å². The van der Waals surface area contributed by atoms with Crippen LogP contribution in [0.3, 0.4) is 0 Å². The molecule has 1 aromatic heterocycles. The number of nitrogens with zero attached hydrogens (tertiary/aromatic N) is 3. The predicted molar refractivity (Wildman–Crippen MR) is 115 cm³/mol. The zero-order chi connectivity index (χ0) is 24.5. The van der Waals surface area contributed by atoms with Gasteiger partial charge in [0.2, 0.25) is 5.13 Å². The Morgan fingerprint density at radius 3 is 2.50 bits per heavy atom. The van der Waals surface area contributed by atoms with Gasteiger partial charge in [-0.2, -0.15) is 17.5 Å². The minimum absolute atomic E-state index is 0.0173. The van der Waals surface area contributed by atoms with E-state index in [0.717, 1.165) is 23.9 Å². The second-order valence-electron chi connectivity index (χ2n) is 7.89. The third-order valence-corrected chi connectivity index (χ3v) is 7.77. The van der Waals surface area contributed by atoms with Crippen molar-refractivity contribution in [1.29, 1.82) is 0 Å². The molecule has 2 heterocycles. The summed E-state index contributed by atoms with van der Waals surface area (Å²) in [6.07, 6.45) is -3.63. The number of piperidine rings is 1. The summed E-state index contributed by atoms with van der Waals surface area (Å²) < 4.78 is 100. The zero-order valence-electron chi connectivity index (χ0n) is 17.5. The number of likely N-dealkylation sites (tertiary alicyclic amines) is 1. The molecular weight excluding hydrogens is 499 g/mol. The summed E-state index contributed by atoms with van der Waals surface area (Å²) >= 11 is 0.727. The highest BCUT2D eigenvalue weighted by Gasteiger charge is 2.44. The van der Waals surface area contributed by atoms with Gasteiger partial charge >= 0.3 is 6.18 Å². The van der Waals surface area contributed by atoms with Crippen LogP contribution in [0.15, 0.2) is 53.7 Å². The largest absolute Gasteiger partial charge is 0.391 e. The van der Waals surface area contributed by atoms with E-state index < -0.39 is 44.7 Å². The molecule has 3 aromatic rings. The van der Waals surface area contributed by atoms with E-state index in [4.69, 9.17) is 0 Å². The Morgan fingerprint density at radius 1 is 1.12 bits per heavy atom. The number of sulfonamides is 1. The lowest BCUT2D eigenvalue weighted by molar-refractivity contribution is -0.190. The minimum Gasteiger partial charge on any atom is -0.292 e. The van der Waals surface area contributed by atoms with Crippen LogP contribution < -0.4 is 4.72 Å². The van der Waals surface area contributed by atoms with Crippen LogP contribution in [0, 0.1) is 17.6 Å². The van der Waals surface area contributed by atoms with Gasteiger partial charge in [0, 0.05) is 29.7 Å². The standard InChI is InChI=1S/C21H19F5N4O2S2/c22-16-10-19(34(31,32)29-20-27-12-28-33-20)17(23)8-14(16)11-30-7-6-15(21(24,25)26)9-18(30)13-4-2-1-3-5-13/h1-5,8,10,12,15,18H,6-7,9,11H2,(H,27,28,29). The second kappa shape index (κ2) is 9.55. The molecule has 1 N–H and O–H groups in total. The topological polar surface area (TPSA) is 75.2 Å². The van der Waals surface area contributed by atoms with E-state index in [1.807, 2.05) is 4.72 Å². The van der Waals surface area contributed by atoms with Crippen LogP contribution in [0.2, 0.25) is 0 Å². The molecule has 0 amide bonds. The van der Waals surface area contributed by atoms with Gasteiger partial charge in [-0.25, -0.2) is 22.2 Å². The Morgan fingerprint density at radius 2 is 1.85 bits per heavy atom. The highest BCUT2D eigenvalue weighted by molar-refractivity contribution is 7.93. The molecular formula is C21H19F5N4O2S2. The first-order valence-corrected chi connectivity index (χ1v) is 12.4. The van der Waals surface area contributed by atoms with E-state index in [-0.39, 0.29) is 36.6 Å².